The van der Waals surface area contributed by atoms with Gasteiger partial charge in [-0.25, -0.2) is 0 Å². The van der Waals surface area contributed by atoms with Crippen LogP contribution in [0.2, 0.25) is 0 Å². The average Bonchev–Trinajstić information content (AvgIpc) is 2.78. The quantitative estimate of drug-likeness (QED) is 0.725. The maximum Gasteiger partial charge on any atom is 0.226 e. The van der Waals surface area contributed by atoms with E-state index < -0.39 is 5.41 Å². The summed E-state index contributed by atoms with van der Waals surface area (Å²) in [5.74, 6) is 0.605. The lowest BCUT2D eigenvalue weighted by molar-refractivity contribution is -0.137. The van der Waals surface area contributed by atoms with Crippen LogP contribution < -0.4 is 5.32 Å². The summed E-state index contributed by atoms with van der Waals surface area (Å²) in [5, 5.41) is 3.29. The Balaban J connectivity index is 1.57. The van der Waals surface area contributed by atoms with Gasteiger partial charge in [-0.3, -0.25) is 4.79 Å². The van der Waals surface area contributed by atoms with Crippen LogP contribution in [0.15, 0.2) is 42.5 Å². The summed E-state index contributed by atoms with van der Waals surface area (Å²) in [7, 11) is 0. The predicted octanol–water partition coefficient (Wildman–Crippen LogP) is 4.85. The SMILES string of the molecule is Cc1cc(C)cc(-c2ccccc2CC2(C(=O)NC[C@@H]3CCCOC3)CCOCC2)c1. The van der Waals surface area contributed by atoms with Crippen molar-refractivity contribution in [3.05, 3.63) is 59.2 Å². The largest absolute Gasteiger partial charge is 0.381 e. The first-order chi connectivity index (χ1) is 15.1. The molecular formula is C27H35NO3. The molecule has 2 heterocycles. The van der Waals surface area contributed by atoms with Crippen molar-refractivity contribution in [3.8, 4) is 11.1 Å². The zero-order valence-corrected chi connectivity index (χ0v) is 18.9. The van der Waals surface area contributed by atoms with E-state index >= 15 is 0 Å². The standard InChI is InChI=1S/C27H35NO3/c1-20-14-21(2)16-24(15-20)25-8-4-3-7-23(25)17-27(9-12-30-13-10-27)26(29)28-18-22-6-5-11-31-19-22/h3-4,7-8,14-16,22H,5-6,9-13,17-19H2,1-2H3,(H,28,29)/t22-/m0/s1. The van der Waals surface area contributed by atoms with Gasteiger partial charge in [0.05, 0.1) is 12.0 Å². The molecule has 0 aliphatic carbocycles. The van der Waals surface area contributed by atoms with Gasteiger partial charge in [-0.05, 0) is 68.6 Å². The molecule has 0 bridgehead atoms. The second-order valence-corrected chi connectivity index (χ2v) is 9.40. The number of ether oxygens (including phenoxy) is 2. The highest BCUT2D eigenvalue weighted by Crippen LogP contribution is 2.38. The Morgan fingerprint density at radius 2 is 1.77 bits per heavy atom. The molecule has 0 unspecified atom stereocenters. The zero-order chi connectivity index (χ0) is 21.7. The van der Waals surface area contributed by atoms with E-state index in [9.17, 15) is 4.79 Å². The molecule has 31 heavy (non-hydrogen) atoms. The minimum absolute atomic E-state index is 0.177. The number of amides is 1. The van der Waals surface area contributed by atoms with Gasteiger partial charge in [-0.15, -0.1) is 0 Å². The molecule has 2 aromatic rings. The third-order valence-corrected chi connectivity index (χ3v) is 6.82. The van der Waals surface area contributed by atoms with Gasteiger partial charge in [0.2, 0.25) is 5.91 Å². The molecule has 0 radical (unpaired) electrons. The van der Waals surface area contributed by atoms with E-state index in [1.807, 2.05) is 0 Å². The molecule has 0 spiro atoms. The highest BCUT2D eigenvalue weighted by atomic mass is 16.5. The van der Waals surface area contributed by atoms with Crippen molar-refractivity contribution in [1.82, 2.24) is 5.32 Å². The fraction of sp³-hybridized carbons (Fsp3) is 0.519. The smallest absolute Gasteiger partial charge is 0.226 e. The molecule has 1 atom stereocenters. The number of benzene rings is 2. The lowest BCUT2D eigenvalue weighted by Gasteiger charge is -2.37. The Kier molecular flexibility index (Phi) is 7.09. The molecule has 0 saturated carbocycles. The van der Waals surface area contributed by atoms with Crippen LogP contribution in [-0.2, 0) is 20.7 Å². The Bertz CT molecular complexity index is 875. The van der Waals surface area contributed by atoms with E-state index in [-0.39, 0.29) is 5.91 Å². The van der Waals surface area contributed by atoms with Gasteiger partial charge in [0.1, 0.15) is 0 Å². The zero-order valence-electron chi connectivity index (χ0n) is 18.9. The number of hydrogen-bond donors (Lipinski definition) is 1. The van der Waals surface area contributed by atoms with Crippen molar-refractivity contribution < 1.29 is 14.3 Å². The second kappa shape index (κ2) is 9.97. The molecule has 2 saturated heterocycles. The Labute approximate surface area is 186 Å². The molecule has 0 aromatic heterocycles. The fourth-order valence-corrected chi connectivity index (χ4v) is 5.09. The summed E-state index contributed by atoms with van der Waals surface area (Å²) in [6.07, 6.45) is 4.49. The number of aryl methyl sites for hydroxylation is 2. The monoisotopic (exact) mass is 421 g/mol. The summed E-state index contributed by atoms with van der Waals surface area (Å²) < 4.78 is 11.2. The number of rotatable bonds is 6. The Morgan fingerprint density at radius 3 is 2.48 bits per heavy atom. The van der Waals surface area contributed by atoms with Crippen molar-refractivity contribution in [2.45, 2.75) is 46.0 Å². The number of hydrogen-bond acceptors (Lipinski definition) is 3. The minimum atomic E-state index is -0.414. The van der Waals surface area contributed by atoms with Crippen molar-refractivity contribution in [2.75, 3.05) is 33.0 Å². The summed E-state index contributed by atoms with van der Waals surface area (Å²) >= 11 is 0. The minimum Gasteiger partial charge on any atom is -0.381 e. The van der Waals surface area contributed by atoms with E-state index in [1.165, 1.54) is 27.8 Å². The summed E-state index contributed by atoms with van der Waals surface area (Å²) in [6, 6.07) is 15.2. The molecule has 4 nitrogen and oxygen atoms in total. The van der Waals surface area contributed by atoms with Crippen molar-refractivity contribution in [1.29, 1.82) is 0 Å². The molecular weight excluding hydrogens is 386 g/mol. The topological polar surface area (TPSA) is 47.6 Å². The first kappa shape index (κ1) is 22.0. The normalized spacial score (nSPS) is 20.9. The van der Waals surface area contributed by atoms with E-state index in [1.54, 1.807) is 0 Å². The molecule has 4 rings (SSSR count). The number of carbonyl (C=O) groups excluding carboxylic acids is 1. The number of nitrogens with one attached hydrogen (secondary N) is 1. The maximum absolute atomic E-state index is 13.5. The molecule has 1 amide bonds. The van der Waals surface area contributed by atoms with Crippen LogP contribution in [0, 0.1) is 25.2 Å². The van der Waals surface area contributed by atoms with Crippen molar-refractivity contribution in [2.24, 2.45) is 11.3 Å². The van der Waals surface area contributed by atoms with Crippen molar-refractivity contribution >= 4 is 5.91 Å². The Hall–Kier alpha value is -2.17. The fourth-order valence-electron chi connectivity index (χ4n) is 5.09. The molecule has 4 heteroatoms. The molecule has 1 N–H and O–H groups in total. The first-order valence-electron chi connectivity index (χ1n) is 11.7. The molecule has 2 aliphatic rings. The number of carbonyl (C=O) groups is 1. The molecule has 2 aromatic carbocycles. The lowest BCUT2D eigenvalue weighted by atomic mass is 9.73. The average molecular weight is 422 g/mol. The van der Waals surface area contributed by atoms with Gasteiger partial charge in [-0.1, -0.05) is 53.6 Å². The van der Waals surface area contributed by atoms with Crippen LogP contribution in [0.25, 0.3) is 11.1 Å². The summed E-state index contributed by atoms with van der Waals surface area (Å²) in [4.78, 5) is 13.5. The molecule has 2 fully saturated rings. The highest BCUT2D eigenvalue weighted by molar-refractivity contribution is 5.83. The Morgan fingerprint density at radius 1 is 1.03 bits per heavy atom. The summed E-state index contributed by atoms with van der Waals surface area (Å²) in [5.41, 5.74) is 5.81. The third-order valence-electron chi connectivity index (χ3n) is 6.82. The lowest BCUT2D eigenvalue weighted by Crippen LogP contribution is -2.47. The van der Waals surface area contributed by atoms with E-state index in [0.29, 0.717) is 25.7 Å². The van der Waals surface area contributed by atoms with Crippen LogP contribution in [0.3, 0.4) is 0 Å². The van der Waals surface area contributed by atoms with Gasteiger partial charge in [0.15, 0.2) is 0 Å². The van der Waals surface area contributed by atoms with Crippen LogP contribution in [0.5, 0.6) is 0 Å². The summed E-state index contributed by atoms with van der Waals surface area (Å²) in [6.45, 7) is 7.88. The highest BCUT2D eigenvalue weighted by Gasteiger charge is 2.40. The van der Waals surface area contributed by atoms with E-state index in [0.717, 1.165) is 45.3 Å². The van der Waals surface area contributed by atoms with Gasteiger partial charge in [0.25, 0.3) is 0 Å². The first-order valence-corrected chi connectivity index (χ1v) is 11.7. The van der Waals surface area contributed by atoms with Crippen molar-refractivity contribution in [3.63, 3.8) is 0 Å². The van der Waals surface area contributed by atoms with E-state index in [2.05, 4.69) is 61.6 Å². The van der Waals surface area contributed by atoms with Gasteiger partial charge >= 0.3 is 0 Å². The van der Waals surface area contributed by atoms with Crippen LogP contribution in [0.1, 0.15) is 42.4 Å². The molecule has 166 valence electrons. The van der Waals surface area contributed by atoms with Gasteiger partial charge in [0, 0.05) is 26.4 Å². The van der Waals surface area contributed by atoms with Crippen LogP contribution >= 0.6 is 0 Å². The van der Waals surface area contributed by atoms with Crippen LogP contribution in [0.4, 0.5) is 0 Å². The second-order valence-electron chi connectivity index (χ2n) is 9.40. The van der Waals surface area contributed by atoms with Gasteiger partial charge < -0.3 is 14.8 Å². The van der Waals surface area contributed by atoms with E-state index in [4.69, 9.17) is 9.47 Å². The van der Waals surface area contributed by atoms with Crippen LogP contribution in [-0.4, -0.2) is 38.9 Å². The molecule has 2 aliphatic heterocycles. The predicted molar refractivity (Wildman–Crippen MR) is 124 cm³/mol. The van der Waals surface area contributed by atoms with Gasteiger partial charge in [-0.2, -0.15) is 0 Å². The third kappa shape index (κ3) is 5.36. The maximum atomic E-state index is 13.5.